The number of halogens is 4. The van der Waals surface area contributed by atoms with Crippen LogP contribution in [0.15, 0.2) is 42.5 Å². The number of carbonyl (C=O) groups is 1. The third-order valence-electron chi connectivity index (χ3n) is 2.68. The number of benzene rings is 2. The minimum absolute atomic E-state index is 0.000788. The second-order valence-corrected chi connectivity index (χ2v) is 4.68. The Morgan fingerprint density at radius 2 is 1.86 bits per heavy atom. The van der Waals surface area contributed by atoms with E-state index in [1.807, 2.05) is 0 Å². The molecule has 7 heteroatoms. The Morgan fingerprint density at radius 3 is 2.48 bits per heavy atom. The van der Waals surface area contributed by atoms with Gasteiger partial charge < -0.3 is 11.1 Å². The van der Waals surface area contributed by atoms with Crippen molar-refractivity contribution in [1.82, 2.24) is 0 Å². The van der Waals surface area contributed by atoms with Gasteiger partial charge in [0.15, 0.2) is 0 Å². The fourth-order valence-electron chi connectivity index (χ4n) is 1.70. The molecule has 3 N–H and O–H groups in total. The van der Waals surface area contributed by atoms with Gasteiger partial charge >= 0.3 is 6.18 Å². The standard InChI is InChI=1S/C14H10ClF3N2O/c15-12-5-4-10(7-11(12)14(16,17)18)20-13(21)8-2-1-3-9(19)6-8/h1-7H,19H2,(H,20,21). The summed E-state index contributed by atoms with van der Waals surface area (Å²) in [7, 11) is 0. The molecule has 0 aromatic heterocycles. The van der Waals surface area contributed by atoms with Crippen molar-refractivity contribution in [3.05, 3.63) is 58.6 Å². The van der Waals surface area contributed by atoms with Gasteiger partial charge in [-0.3, -0.25) is 4.79 Å². The molecule has 2 aromatic carbocycles. The first-order chi connectivity index (χ1) is 9.77. The van der Waals surface area contributed by atoms with Crippen molar-refractivity contribution >= 4 is 28.9 Å². The molecule has 0 aliphatic heterocycles. The van der Waals surface area contributed by atoms with Crippen LogP contribution in [0.4, 0.5) is 24.5 Å². The van der Waals surface area contributed by atoms with Crippen LogP contribution in [0, 0.1) is 0 Å². The molecule has 0 atom stereocenters. The Morgan fingerprint density at radius 1 is 1.14 bits per heavy atom. The van der Waals surface area contributed by atoms with E-state index in [0.717, 1.165) is 12.1 Å². The fourth-order valence-corrected chi connectivity index (χ4v) is 1.93. The second kappa shape index (κ2) is 5.65. The minimum atomic E-state index is -4.59. The van der Waals surface area contributed by atoms with Crippen molar-refractivity contribution in [3.8, 4) is 0 Å². The van der Waals surface area contributed by atoms with Crippen LogP contribution in [-0.4, -0.2) is 5.91 Å². The van der Waals surface area contributed by atoms with Crippen LogP contribution in [0.2, 0.25) is 5.02 Å². The molecule has 110 valence electrons. The molecule has 0 bridgehead atoms. The van der Waals surface area contributed by atoms with Crippen LogP contribution in [0.3, 0.4) is 0 Å². The van der Waals surface area contributed by atoms with E-state index in [-0.39, 0.29) is 11.3 Å². The monoisotopic (exact) mass is 314 g/mol. The number of amides is 1. The molecular formula is C14H10ClF3N2O. The Bertz CT molecular complexity index is 686. The van der Waals surface area contributed by atoms with Gasteiger partial charge in [0.25, 0.3) is 5.91 Å². The number of anilines is 2. The molecule has 2 rings (SSSR count). The highest BCUT2D eigenvalue weighted by Gasteiger charge is 2.33. The Balaban J connectivity index is 2.26. The van der Waals surface area contributed by atoms with Gasteiger partial charge in [0.05, 0.1) is 10.6 Å². The van der Waals surface area contributed by atoms with Gasteiger partial charge in [-0.15, -0.1) is 0 Å². The van der Waals surface area contributed by atoms with Gasteiger partial charge in [0.2, 0.25) is 0 Å². The zero-order valence-corrected chi connectivity index (χ0v) is 11.3. The summed E-state index contributed by atoms with van der Waals surface area (Å²) in [4.78, 5) is 11.9. The zero-order chi connectivity index (χ0) is 15.6. The van der Waals surface area contributed by atoms with E-state index < -0.39 is 22.7 Å². The van der Waals surface area contributed by atoms with E-state index in [1.165, 1.54) is 18.2 Å². The number of carbonyl (C=O) groups excluding carboxylic acids is 1. The summed E-state index contributed by atoms with van der Waals surface area (Å²) in [5.41, 5.74) is 5.17. The summed E-state index contributed by atoms with van der Waals surface area (Å²) in [6.45, 7) is 0. The van der Waals surface area contributed by atoms with E-state index >= 15 is 0 Å². The van der Waals surface area contributed by atoms with E-state index in [0.29, 0.717) is 5.69 Å². The van der Waals surface area contributed by atoms with E-state index in [9.17, 15) is 18.0 Å². The molecule has 0 aliphatic rings. The number of nitrogen functional groups attached to an aromatic ring is 1. The van der Waals surface area contributed by atoms with Gasteiger partial charge in [0.1, 0.15) is 0 Å². The summed E-state index contributed by atoms with van der Waals surface area (Å²) in [6, 6.07) is 9.27. The Hall–Kier alpha value is -2.21. The molecule has 21 heavy (non-hydrogen) atoms. The molecule has 3 nitrogen and oxygen atoms in total. The predicted octanol–water partition coefficient (Wildman–Crippen LogP) is 4.19. The lowest BCUT2D eigenvalue weighted by atomic mass is 10.1. The first-order valence-electron chi connectivity index (χ1n) is 5.81. The summed E-state index contributed by atoms with van der Waals surface area (Å²) >= 11 is 5.51. The number of rotatable bonds is 2. The molecule has 0 radical (unpaired) electrons. The molecule has 1 amide bonds. The average Bonchev–Trinajstić information content (AvgIpc) is 2.39. The normalized spacial score (nSPS) is 11.2. The first kappa shape index (κ1) is 15.2. The van der Waals surface area contributed by atoms with Crippen molar-refractivity contribution in [2.24, 2.45) is 0 Å². The van der Waals surface area contributed by atoms with Crippen LogP contribution in [0.1, 0.15) is 15.9 Å². The van der Waals surface area contributed by atoms with Crippen LogP contribution in [0.25, 0.3) is 0 Å². The highest BCUT2D eigenvalue weighted by Crippen LogP contribution is 2.36. The van der Waals surface area contributed by atoms with E-state index in [2.05, 4.69) is 5.32 Å². The molecule has 0 spiro atoms. The van der Waals surface area contributed by atoms with Crippen LogP contribution in [-0.2, 0) is 6.18 Å². The SMILES string of the molecule is Nc1cccc(C(=O)Nc2ccc(Cl)c(C(F)(F)F)c2)c1. The molecule has 0 aliphatic carbocycles. The quantitative estimate of drug-likeness (QED) is 0.816. The zero-order valence-electron chi connectivity index (χ0n) is 10.5. The maximum Gasteiger partial charge on any atom is 0.417 e. The third kappa shape index (κ3) is 3.66. The van der Waals surface area contributed by atoms with Gasteiger partial charge in [-0.2, -0.15) is 13.2 Å². The number of nitrogens with one attached hydrogen (secondary N) is 1. The first-order valence-corrected chi connectivity index (χ1v) is 6.19. The minimum Gasteiger partial charge on any atom is -0.399 e. The summed E-state index contributed by atoms with van der Waals surface area (Å²) in [5, 5.41) is 1.95. The van der Waals surface area contributed by atoms with Crippen molar-refractivity contribution < 1.29 is 18.0 Å². The van der Waals surface area contributed by atoms with Crippen molar-refractivity contribution in [2.45, 2.75) is 6.18 Å². The van der Waals surface area contributed by atoms with Crippen molar-refractivity contribution in [1.29, 1.82) is 0 Å². The number of hydrogen-bond donors (Lipinski definition) is 2. The number of hydrogen-bond acceptors (Lipinski definition) is 2. The lowest BCUT2D eigenvalue weighted by Crippen LogP contribution is -2.13. The number of alkyl halides is 3. The maximum absolute atomic E-state index is 12.7. The van der Waals surface area contributed by atoms with Gasteiger partial charge in [0, 0.05) is 16.9 Å². The topological polar surface area (TPSA) is 55.1 Å². The van der Waals surface area contributed by atoms with E-state index in [1.54, 1.807) is 12.1 Å². The molecule has 0 saturated heterocycles. The van der Waals surface area contributed by atoms with Gasteiger partial charge in [-0.1, -0.05) is 17.7 Å². The molecular weight excluding hydrogens is 305 g/mol. The van der Waals surface area contributed by atoms with E-state index in [4.69, 9.17) is 17.3 Å². The lowest BCUT2D eigenvalue weighted by Gasteiger charge is -2.12. The molecule has 0 unspecified atom stereocenters. The Labute approximate surface area is 123 Å². The summed E-state index contributed by atoms with van der Waals surface area (Å²) in [5.74, 6) is -0.558. The summed E-state index contributed by atoms with van der Waals surface area (Å²) < 4.78 is 38.2. The molecule has 0 fully saturated rings. The highest BCUT2D eigenvalue weighted by molar-refractivity contribution is 6.31. The molecule has 0 heterocycles. The van der Waals surface area contributed by atoms with Crippen molar-refractivity contribution in [2.75, 3.05) is 11.1 Å². The fraction of sp³-hybridized carbons (Fsp3) is 0.0714. The maximum atomic E-state index is 12.7. The summed E-state index contributed by atoms with van der Waals surface area (Å²) in [6.07, 6.45) is -4.59. The second-order valence-electron chi connectivity index (χ2n) is 4.27. The van der Waals surface area contributed by atoms with Crippen LogP contribution in [0.5, 0.6) is 0 Å². The Kier molecular flexibility index (Phi) is 4.09. The number of nitrogens with two attached hydrogens (primary N) is 1. The van der Waals surface area contributed by atoms with Crippen LogP contribution >= 0.6 is 11.6 Å². The predicted molar refractivity (Wildman–Crippen MR) is 75.3 cm³/mol. The highest BCUT2D eigenvalue weighted by atomic mass is 35.5. The molecule has 0 saturated carbocycles. The average molecular weight is 315 g/mol. The van der Waals surface area contributed by atoms with Crippen molar-refractivity contribution in [3.63, 3.8) is 0 Å². The largest absolute Gasteiger partial charge is 0.417 e. The molecule has 2 aromatic rings. The third-order valence-corrected chi connectivity index (χ3v) is 3.01. The smallest absolute Gasteiger partial charge is 0.399 e. The van der Waals surface area contributed by atoms with Gasteiger partial charge in [-0.25, -0.2) is 0 Å². The van der Waals surface area contributed by atoms with Gasteiger partial charge in [-0.05, 0) is 36.4 Å². The lowest BCUT2D eigenvalue weighted by molar-refractivity contribution is -0.137. The van der Waals surface area contributed by atoms with Crippen LogP contribution < -0.4 is 11.1 Å².